The summed E-state index contributed by atoms with van der Waals surface area (Å²) in [6.07, 6.45) is 0. The minimum atomic E-state index is 0.145. The lowest BCUT2D eigenvalue weighted by atomic mass is 10.2. The third-order valence-corrected chi connectivity index (χ3v) is 3.70. The predicted molar refractivity (Wildman–Crippen MR) is 103 cm³/mol. The van der Waals surface area contributed by atoms with Gasteiger partial charge in [-0.2, -0.15) is 5.11 Å². The van der Waals surface area contributed by atoms with Crippen molar-refractivity contribution < 1.29 is 14.6 Å². The number of anilines is 2. The lowest BCUT2D eigenvalue weighted by Gasteiger charge is -2.10. The molecule has 138 valence electrons. The molecule has 2 aromatic carbocycles. The average Bonchev–Trinajstić information content (AvgIpc) is 2.68. The molecule has 0 unspecified atom stereocenters. The predicted octanol–water partition coefficient (Wildman–Crippen LogP) is 3.95. The number of nitrogens with zero attached hydrogens (tertiary/aromatic N) is 3. The SMILES string of the molecule is COc1ccc(COc2cc(/N=N/c3ccc(O)cc3)c(N)nc2N)cc1. The van der Waals surface area contributed by atoms with Crippen LogP contribution in [-0.2, 0) is 6.61 Å². The van der Waals surface area contributed by atoms with Crippen molar-refractivity contribution in [2.24, 2.45) is 10.2 Å². The van der Waals surface area contributed by atoms with Gasteiger partial charge in [-0.15, -0.1) is 5.11 Å². The van der Waals surface area contributed by atoms with Crippen LogP contribution >= 0.6 is 0 Å². The van der Waals surface area contributed by atoms with E-state index >= 15 is 0 Å². The molecular weight excluding hydrogens is 346 g/mol. The highest BCUT2D eigenvalue weighted by Crippen LogP contribution is 2.32. The van der Waals surface area contributed by atoms with Gasteiger partial charge in [0.05, 0.1) is 12.8 Å². The number of methoxy groups -OCH3 is 1. The number of hydrogen-bond acceptors (Lipinski definition) is 8. The van der Waals surface area contributed by atoms with Crippen molar-refractivity contribution in [3.05, 3.63) is 60.2 Å². The van der Waals surface area contributed by atoms with Gasteiger partial charge in [0.15, 0.2) is 17.4 Å². The molecule has 0 atom stereocenters. The zero-order valence-electron chi connectivity index (χ0n) is 14.7. The first kappa shape index (κ1) is 18.0. The van der Waals surface area contributed by atoms with Crippen molar-refractivity contribution in [2.45, 2.75) is 6.61 Å². The monoisotopic (exact) mass is 365 g/mol. The van der Waals surface area contributed by atoms with Crippen LogP contribution in [0.1, 0.15) is 5.56 Å². The second-order valence-corrected chi connectivity index (χ2v) is 5.63. The van der Waals surface area contributed by atoms with Crippen LogP contribution in [0.25, 0.3) is 0 Å². The maximum atomic E-state index is 9.30. The van der Waals surface area contributed by atoms with Crippen molar-refractivity contribution in [3.8, 4) is 17.2 Å². The molecule has 0 aliphatic rings. The number of nitrogen functional groups attached to an aromatic ring is 2. The van der Waals surface area contributed by atoms with Gasteiger partial charge in [-0.3, -0.25) is 0 Å². The van der Waals surface area contributed by atoms with Gasteiger partial charge in [0.25, 0.3) is 0 Å². The highest BCUT2D eigenvalue weighted by Gasteiger charge is 2.09. The summed E-state index contributed by atoms with van der Waals surface area (Å²) in [6, 6.07) is 15.4. The van der Waals surface area contributed by atoms with E-state index in [2.05, 4.69) is 15.2 Å². The number of pyridine rings is 1. The highest BCUT2D eigenvalue weighted by molar-refractivity contribution is 5.66. The van der Waals surface area contributed by atoms with Crippen LogP contribution < -0.4 is 20.9 Å². The van der Waals surface area contributed by atoms with Crippen molar-refractivity contribution in [2.75, 3.05) is 18.6 Å². The molecular formula is C19H19N5O3. The summed E-state index contributed by atoms with van der Waals surface area (Å²) in [4.78, 5) is 4.06. The van der Waals surface area contributed by atoms with Crippen molar-refractivity contribution in [1.29, 1.82) is 0 Å². The third-order valence-electron chi connectivity index (χ3n) is 3.70. The quantitative estimate of drug-likeness (QED) is 0.567. The molecule has 1 aromatic heterocycles. The maximum Gasteiger partial charge on any atom is 0.168 e. The second-order valence-electron chi connectivity index (χ2n) is 5.63. The number of nitrogens with two attached hydrogens (primary N) is 2. The van der Waals surface area contributed by atoms with E-state index in [4.69, 9.17) is 20.9 Å². The van der Waals surface area contributed by atoms with E-state index in [-0.39, 0.29) is 17.4 Å². The van der Waals surface area contributed by atoms with Gasteiger partial charge in [-0.05, 0) is 42.0 Å². The second kappa shape index (κ2) is 8.05. The lowest BCUT2D eigenvalue weighted by molar-refractivity contribution is 0.307. The molecule has 0 amide bonds. The summed E-state index contributed by atoms with van der Waals surface area (Å²) in [5, 5.41) is 17.5. The smallest absolute Gasteiger partial charge is 0.168 e. The van der Waals surface area contributed by atoms with E-state index in [0.717, 1.165) is 11.3 Å². The molecule has 0 radical (unpaired) electrons. The normalized spacial score (nSPS) is 10.9. The van der Waals surface area contributed by atoms with Crippen LogP contribution in [0.2, 0.25) is 0 Å². The number of aromatic hydroxyl groups is 1. The summed E-state index contributed by atoms with van der Waals surface area (Å²) < 4.78 is 10.9. The Morgan fingerprint density at radius 1 is 0.963 bits per heavy atom. The molecule has 3 rings (SSSR count). The van der Waals surface area contributed by atoms with E-state index in [0.29, 0.717) is 23.7 Å². The van der Waals surface area contributed by atoms with Gasteiger partial charge in [0.1, 0.15) is 23.8 Å². The molecule has 5 N–H and O–H groups in total. The van der Waals surface area contributed by atoms with Crippen molar-refractivity contribution in [1.82, 2.24) is 4.98 Å². The molecule has 0 saturated carbocycles. The van der Waals surface area contributed by atoms with Crippen LogP contribution in [0.5, 0.6) is 17.2 Å². The van der Waals surface area contributed by atoms with E-state index in [9.17, 15) is 5.11 Å². The molecule has 3 aromatic rings. The molecule has 0 saturated heterocycles. The molecule has 8 nitrogen and oxygen atoms in total. The van der Waals surface area contributed by atoms with E-state index in [1.54, 1.807) is 25.3 Å². The molecule has 27 heavy (non-hydrogen) atoms. The fraction of sp³-hybridized carbons (Fsp3) is 0.105. The van der Waals surface area contributed by atoms with Crippen LogP contribution in [0.15, 0.2) is 64.8 Å². The van der Waals surface area contributed by atoms with Gasteiger partial charge in [-0.1, -0.05) is 12.1 Å². The first-order valence-electron chi connectivity index (χ1n) is 8.07. The number of ether oxygens (including phenoxy) is 2. The Morgan fingerprint density at radius 3 is 2.33 bits per heavy atom. The molecule has 1 heterocycles. The highest BCUT2D eigenvalue weighted by atomic mass is 16.5. The number of hydrogen-bond donors (Lipinski definition) is 3. The molecule has 0 aliphatic heterocycles. The fourth-order valence-corrected chi connectivity index (χ4v) is 2.22. The van der Waals surface area contributed by atoms with Crippen molar-refractivity contribution in [3.63, 3.8) is 0 Å². The Bertz CT molecular complexity index is 941. The minimum Gasteiger partial charge on any atom is -0.508 e. The van der Waals surface area contributed by atoms with Crippen LogP contribution in [0, 0.1) is 0 Å². The lowest BCUT2D eigenvalue weighted by Crippen LogP contribution is -2.02. The standard InChI is InChI=1S/C19H19N5O3/c1-26-15-8-2-12(3-9-15)11-27-17-10-16(18(20)22-19(17)21)24-23-13-4-6-14(25)7-5-13/h2-10,25H,11H2,1H3,(H4,20,21,22)/b24-23+. The number of rotatable bonds is 6. The number of benzene rings is 2. The Hall–Kier alpha value is -3.81. The van der Waals surface area contributed by atoms with E-state index in [1.807, 2.05) is 24.3 Å². The average molecular weight is 365 g/mol. The van der Waals surface area contributed by atoms with Gasteiger partial charge in [-0.25, -0.2) is 4.98 Å². The van der Waals surface area contributed by atoms with Gasteiger partial charge in [0, 0.05) is 6.07 Å². The first-order chi connectivity index (χ1) is 13.0. The number of azo groups is 1. The molecule has 0 spiro atoms. The van der Waals surface area contributed by atoms with Crippen LogP contribution in [-0.4, -0.2) is 17.2 Å². The summed E-state index contributed by atoms with van der Waals surface area (Å²) in [7, 11) is 1.61. The molecule has 8 heteroatoms. The van der Waals surface area contributed by atoms with E-state index < -0.39 is 0 Å². The molecule has 0 bridgehead atoms. The van der Waals surface area contributed by atoms with Gasteiger partial charge >= 0.3 is 0 Å². The number of phenolic OH excluding ortho intramolecular Hbond substituents is 1. The van der Waals surface area contributed by atoms with Crippen LogP contribution in [0.4, 0.5) is 23.0 Å². The molecule has 0 aliphatic carbocycles. The largest absolute Gasteiger partial charge is 0.508 e. The Balaban J connectivity index is 1.75. The minimum absolute atomic E-state index is 0.145. The zero-order valence-corrected chi connectivity index (χ0v) is 14.7. The number of phenols is 1. The van der Waals surface area contributed by atoms with Crippen molar-refractivity contribution >= 4 is 23.0 Å². The summed E-state index contributed by atoms with van der Waals surface area (Å²) in [5.74, 6) is 1.59. The Kier molecular flexibility index (Phi) is 5.36. The fourth-order valence-electron chi connectivity index (χ4n) is 2.22. The summed E-state index contributed by atoms with van der Waals surface area (Å²) in [5.41, 5.74) is 13.6. The summed E-state index contributed by atoms with van der Waals surface area (Å²) in [6.45, 7) is 0.300. The topological polar surface area (TPSA) is 128 Å². The van der Waals surface area contributed by atoms with Gasteiger partial charge < -0.3 is 26.0 Å². The first-order valence-corrected chi connectivity index (χ1v) is 8.07. The Morgan fingerprint density at radius 2 is 1.67 bits per heavy atom. The summed E-state index contributed by atoms with van der Waals surface area (Å²) >= 11 is 0. The Labute approximate surface area is 156 Å². The van der Waals surface area contributed by atoms with Crippen LogP contribution in [0.3, 0.4) is 0 Å². The molecule has 0 fully saturated rings. The third kappa shape index (κ3) is 4.63. The van der Waals surface area contributed by atoms with E-state index in [1.165, 1.54) is 12.1 Å². The zero-order chi connectivity index (χ0) is 19.2. The maximum absolute atomic E-state index is 9.30. The number of aromatic nitrogens is 1. The van der Waals surface area contributed by atoms with Gasteiger partial charge in [0.2, 0.25) is 0 Å².